The van der Waals surface area contributed by atoms with Crippen molar-refractivity contribution >= 4 is 37.4 Å². The summed E-state index contributed by atoms with van der Waals surface area (Å²) in [4.78, 5) is 20.8. The van der Waals surface area contributed by atoms with Crippen molar-refractivity contribution in [3.63, 3.8) is 0 Å². The van der Waals surface area contributed by atoms with Crippen LogP contribution in [-0.4, -0.2) is 21.5 Å². The van der Waals surface area contributed by atoms with Gasteiger partial charge in [-0.3, -0.25) is 9.78 Å². The van der Waals surface area contributed by atoms with Gasteiger partial charge in [0.1, 0.15) is 5.82 Å². The molecule has 2 heterocycles. The van der Waals surface area contributed by atoms with Gasteiger partial charge in [-0.2, -0.15) is 0 Å². The summed E-state index contributed by atoms with van der Waals surface area (Å²) in [6, 6.07) is 7.95. The number of hydrogen-bond acceptors (Lipinski definition) is 4. The number of aromatic nitrogens is 2. The molecule has 3 aromatic rings. The zero-order chi connectivity index (χ0) is 18.3. The number of nitrogens with two attached hydrogens (primary N) is 1. The smallest absolute Gasteiger partial charge is 0.229 e. The van der Waals surface area contributed by atoms with Crippen molar-refractivity contribution in [2.45, 2.75) is 25.4 Å². The third-order valence-electron chi connectivity index (χ3n) is 4.90. The lowest BCUT2D eigenvalue weighted by atomic mass is 9.97. The van der Waals surface area contributed by atoms with Crippen LogP contribution in [0.15, 0.2) is 42.9 Å². The SMILES string of the molecule is CCc1ccncc1-c1cc(N)c2cnc(NC(=O)C3CC3P)cc2c1. The molecule has 1 aromatic carbocycles. The van der Waals surface area contributed by atoms with Crippen molar-refractivity contribution in [2.24, 2.45) is 5.92 Å². The maximum absolute atomic E-state index is 12.2. The number of fused-ring (bicyclic) bond motifs is 1. The van der Waals surface area contributed by atoms with Crippen LogP contribution < -0.4 is 11.1 Å². The van der Waals surface area contributed by atoms with E-state index in [1.807, 2.05) is 24.4 Å². The summed E-state index contributed by atoms with van der Waals surface area (Å²) in [5.41, 5.74) is 10.6. The molecule has 1 aliphatic rings. The lowest BCUT2D eigenvalue weighted by Gasteiger charge is -2.11. The molecule has 1 amide bonds. The lowest BCUT2D eigenvalue weighted by Crippen LogP contribution is -2.15. The topological polar surface area (TPSA) is 80.9 Å². The molecule has 5 nitrogen and oxygen atoms in total. The molecule has 6 heteroatoms. The normalized spacial score (nSPS) is 18.7. The molecule has 1 saturated carbocycles. The third kappa shape index (κ3) is 3.15. The number of carbonyl (C=O) groups excluding carboxylic acids is 1. The predicted octanol–water partition coefficient (Wildman–Crippen LogP) is 3.64. The molecule has 0 spiro atoms. The number of rotatable bonds is 4. The van der Waals surface area contributed by atoms with Crippen LogP contribution in [0.4, 0.5) is 11.5 Å². The average molecular weight is 364 g/mol. The molecule has 1 fully saturated rings. The standard InChI is InChI=1S/C20H21N4OP/c1-2-11-3-4-22-9-15(11)12-5-13-7-19(23-10-16(13)17(21)6-12)24-20(25)14-8-18(14)26/h3-7,9-10,14,18H,2,8,21,26H2,1H3,(H,23,24,25). The van der Waals surface area contributed by atoms with Crippen molar-refractivity contribution in [1.82, 2.24) is 9.97 Å². The van der Waals surface area contributed by atoms with Crippen LogP contribution in [0.5, 0.6) is 0 Å². The van der Waals surface area contributed by atoms with E-state index in [0.717, 1.165) is 34.7 Å². The second-order valence-corrected chi connectivity index (χ2v) is 7.59. The molecule has 3 unspecified atom stereocenters. The minimum Gasteiger partial charge on any atom is -0.398 e. The van der Waals surface area contributed by atoms with E-state index in [0.29, 0.717) is 17.2 Å². The first-order chi connectivity index (χ1) is 12.6. The molecule has 1 aliphatic carbocycles. The Labute approximate surface area is 154 Å². The third-order valence-corrected chi connectivity index (χ3v) is 5.64. The van der Waals surface area contributed by atoms with Gasteiger partial charge in [0.15, 0.2) is 0 Å². The molecule has 3 atom stereocenters. The van der Waals surface area contributed by atoms with Crippen LogP contribution in [-0.2, 0) is 11.2 Å². The maximum Gasteiger partial charge on any atom is 0.229 e. The highest BCUT2D eigenvalue weighted by molar-refractivity contribution is 7.18. The molecule has 132 valence electrons. The van der Waals surface area contributed by atoms with Crippen molar-refractivity contribution in [3.8, 4) is 11.1 Å². The Bertz CT molecular complexity index is 1000. The molecule has 3 N–H and O–H groups in total. The zero-order valence-corrected chi connectivity index (χ0v) is 15.7. The summed E-state index contributed by atoms with van der Waals surface area (Å²) in [7, 11) is 2.70. The van der Waals surface area contributed by atoms with E-state index in [1.54, 1.807) is 12.4 Å². The van der Waals surface area contributed by atoms with Gasteiger partial charge in [-0.25, -0.2) is 4.98 Å². The summed E-state index contributed by atoms with van der Waals surface area (Å²) in [6.45, 7) is 2.12. The predicted molar refractivity (Wildman–Crippen MR) is 109 cm³/mol. The summed E-state index contributed by atoms with van der Waals surface area (Å²) in [5.74, 6) is 0.669. The largest absolute Gasteiger partial charge is 0.398 e. The van der Waals surface area contributed by atoms with Gasteiger partial charge < -0.3 is 11.1 Å². The molecular weight excluding hydrogens is 343 g/mol. The van der Waals surface area contributed by atoms with Gasteiger partial charge in [-0.15, -0.1) is 9.24 Å². The fraction of sp³-hybridized carbons (Fsp3) is 0.250. The highest BCUT2D eigenvalue weighted by Crippen LogP contribution is 2.39. The highest BCUT2D eigenvalue weighted by atomic mass is 31.0. The number of nitrogens with one attached hydrogen (secondary N) is 1. The van der Waals surface area contributed by atoms with E-state index in [9.17, 15) is 4.79 Å². The Hall–Kier alpha value is -2.52. The Kier molecular flexibility index (Phi) is 4.33. The monoisotopic (exact) mass is 364 g/mol. The summed E-state index contributed by atoms with van der Waals surface area (Å²) < 4.78 is 0. The number of nitrogen functional groups attached to an aromatic ring is 1. The van der Waals surface area contributed by atoms with Gasteiger partial charge in [-0.05, 0) is 59.3 Å². The van der Waals surface area contributed by atoms with Crippen LogP contribution in [0.3, 0.4) is 0 Å². The fourth-order valence-electron chi connectivity index (χ4n) is 3.24. The van der Waals surface area contributed by atoms with Crippen molar-refractivity contribution in [3.05, 3.63) is 48.4 Å². The summed E-state index contributed by atoms with van der Waals surface area (Å²) >= 11 is 0. The highest BCUT2D eigenvalue weighted by Gasteiger charge is 2.39. The average Bonchev–Trinajstić information content (AvgIpc) is 3.38. The van der Waals surface area contributed by atoms with E-state index in [-0.39, 0.29) is 11.8 Å². The van der Waals surface area contributed by atoms with E-state index in [4.69, 9.17) is 5.73 Å². The molecule has 26 heavy (non-hydrogen) atoms. The van der Waals surface area contributed by atoms with Crippen LogP contribution in [0.2, 0.25) is 0 Å². The second kappa shape index (κ2) is 6.65. The van der Waals surface area contributed by atoms with Crippen LogP contribution >= 0.6 is 9.24 Å². The first-order valence-corrected chi connectivity index (χ1v) is 9.42. The summed E-state index contributed by atoms with van der Waals surface area (Å²) in [5, 5.41) is 4.74. The number of hydrogen-bond donors (Lipinski definition) is 2. The molecule has 0 bridgehead atoms. The van der Waals surface area contributed by atoms with Gasteiger partial charge in [-0.1, -0.05) is 6.92 Å². The van der Waals surface area contributed by atoms with E-state index < -0.39 is 0 Å². The van der Waals surface area contributed by atoms with Gasteiger partial charge in [0, 0.05) is 41.1 Å². The van der Waals surface area contributed by atoms with Gasteiger partial charge in [0.2, 0.25) is 5.91 Å². The number of pyridine rings is 2. The van der Waals surface area contributed by atoms with E-state index in [1.165, 1.54) is 5.56 Å². The number of carbonyl (C=O) groups is 1. The fourth-order valence-corrected chi connectivity index (χ4v) is 3.70. The number of aryl methyl sites for hydroxylation is 1. The Morgan fingerprint density at radius 3 is 2.88 bits per heavy atom. The molecule has 0 radical (unpaired) electrons. The van der Waals surface area contributed by atoms with Gasteiger partial charge >= 0.3 is 0 Å². The minimum atomic E-state index is 0.0292. The van der Waals surface area contributed by atoms with Crippen LogP contribution in [0.1, 0.15) is 18.9 Å². The minimum absolute atomic E-state index is 0.0292. The first-order valence-electron chi connectivity index (χ1n) is 8.75. The van der Waals surface area contributed by atoms with Crippen molar-refractivity contribution < 1.29 is 4.79 Å². The van der Waals surface area contributed by atoms with E-state index in [2.05, 4.69) is 37.5 Å². The number of amides is 1. The zero-order valence-electron chi connectivity index (χ0n) is 14.6. The number of nitrogens with zero attached hydrogens (tertiary/aromatic N) is 2. The Balaban J connectivity index is 1.73. The van der Waals surface area contributed by atoms with Crippen LogP contribution in [0.25, 0.3) is 21.9 Å². The molecule has 0 saturated heterocycles. The molecular formula is C20H21N4OP. The van der Waals surface area contributed by atoms with Gasteiger partial charge in [0.25, 0.3) is 0 Å². The number of anilines is 2. The van der Waals surface area contributed by atoms with Crippen LogP contribution in [0, 0.1) is 5.92 Å². The quantitative estimate of drug-likeness (QED) is 0.547. The summed E-state index contributed by atoms with van der Waals surface area (Å²) in [6.07, 6.45) is 7.24. The molecule has 0 aliphatic heterocycles. The second-order valence-electron chi connectivity index (χ2n) is 6.74. The maximum atomic E-state index is 12.2. The number of benzene rings is 1. The van der Waals surface area contributed by atoms with Gasteiger partial charge in [0.05, 0.1) is 0 Å². The van der Waals surface area contributed by atoms with Crippen molar-refractivity contribution in [2.75, 3.05) is 11.1 Å². The van der Waals surface area contributed by atoms with Crippen molar-refractivity contribution in [1.29, 1.82) is 0 Å². The molecule has 4 rings (SSSR count). The lowest BCUT2D eigenvalue weighted by molar-refractivity contribution is -0.117. The Morgan fingerprint density at radius 1 is 1.35 bits per heavy atom. The molecule has 2 aromatic heterocycles. The first kappa shape index (κ1) is 16.9. The Morgan fingerprint density at radius 2 is 2.15 bits per heavy atom. The van der Waals surface area contributed by atoms with E-state index >= 15 is 0 Å².